The standard InChI is InChI=1S/C17H25ClN2O2/c1-13-12-15(8-9-16(13)18)22-11-10-19-17(21)20-14-6-4-2-3-5-7-14/h8-9,12,14H,2-7,10-11H2,1H3,(H2,19,20,21). The van der Waals surface area contributed by atoms with E-state index in [0.717, 1.165) is 29.2 Å². The van der Waals surface area contributed by atoms with Crippen LogP contribution in [0.15, 0.2) is 18.2 Å². The number of hydrogen-bond acceptors (Lipinski definition) is 2. The molecular weight excluding hydrogens is 300 g/mol. The van der Waals surface area contributed by atoms with Gasteiger partial charge < -0.3 is 15.4 Å². The van der Waals surface area contributed by atoms with Gasteiger partial charge in [0.05, 0.1) is 6.54 Å². The normalized spacial score (nSPS) is 15.9. The molecule has 1 aliphatic rings. The lowest BCUT2D eigenvalue weighted by Crippen LogP contribution is -2.43. The largest absolute Gasteiger partial charge is 0.492 e. The van der Waals surface area contributed by atoms with E-state index in [0.29, 0.717) is 19.2 Å². The third kappa shape index (κ3) is 5.76. The lowest BCUT2D eigenvalue weighted by atomic mass is 10.1. The van der Waals surface area contributed by atoms with Crippen molar-refractivity contribution in [1.82, 2.24) is 10.6 Å². The van der Waals surface area contributed by atoms with Crippen molar-refractivity contribution >= 4 is 17.6 Å². The molecule has 2 amide bonds. The van der Waals surface area contributed by atoms with Crippen molar-refractivity contribution in [3.8, 4) is 5.75 Å². The van der Waals surface area contributed by atoms with Gasteiger partial charge in [0, 0.05) is 11.1 Å². The number of rotatable bonds is 5. The average Bonchev–Trinajstić information content (AvgIpc) is 2.76. The number of halogens is 1. The van der Waals surface area contributed by atoms with E-state index >= 15 is 0 Å². The van der Waals surface area contributed by atoms with Crippen molar-refractivity contribution in [3.05, 3.63) is 28.8 Å². The highest BCUT2D eigenvalue weighted by Gasteiger charge is 2.14. The zero-order valence-electron chi connectivity index (χ0n) is 13.2. The quantitative estimate of drug-likeness (QED) is 0.634. The fraction of sp³-hybridized carbons (Fsp3) is 0.588. The summed E-state index contributed by atoms with van der Waals surface area (Å²) in [6.07, 6.45) is 7.18. The molecule has 122 valence electrons. The summed E-state index contributed by atoms with van der Waals surface area (Å²) in [7, 11) is 0. The second kappa shape index (κ2) is 8.89. The molecule has 2 N–H and O–H groups in total. The van der Waals surface area contributed by atoms with Crippen LogP contribution in [0.1, 0.15) is 44.1 Å². The summed E-state index contributed by atoms with van der Waals surface area (Å²) in [4.78, 5) is 11.8. The molecule has 22 heavy (non-hydrogen) atoms. The van der Waals surface area contributed by atoms with Crippen LogP contribution in [0.5, 0.6) is 5.75 Å². The average molecular weight is 325 g/mol. The van der Waals surface area contributed by atoms with E-state index in [2.05, 4.69) is 10.6 Å². The molecule has 1 aromatic rings. The summed E-state index contributed by atoms with van der Waals surface area (Å²) < 4.78 is 5.60. The second-order valence-corrected chi connectivity index (χ2v) is 6.26. The van der Waals surface area contributed by atoms with E-state index < -0.39 is 0 Å². The van der Waals surface area contributed by atoms with Crippen LogP contribution in [0.2, 0.25) is 5.02 Å². The molecule has 1 aromatic carbocycles. The third-order valence-corrected chi connectivity index (χ3v) is 4.40. The molecule has 0 heterocycles. The van der Waals surface area contributed by atoms with Crippen molar-refractivity contribution in [2.75, 3.05) is 13.2 Å². The van der Waals surface area contributed by atoms with Crippen molar-refractivity contribution in [1.29, 1.82) is 0 Å². The van der Waals surface area contributed by atoms with Crippen molar-refractivity contribution in [2.24, 2.45) is 0 Å². The maximum Gasteiger partial charge on any atom is 0.315 e. The lowest BCUT2D eigenvalue weighted by Gasteiger charge is -2.16. The highest BCUT2D eigenvalue weighted by molar-refractivity contribution is 6.31. The maximum absolute atomic E-state index is 11.8. The van der Waals surface area contributed by atoms with Gasteiger partial charge in [0.15, 0.2) is 0 Å². The zero-order chi connectivity index (χ0) is 15.8. The number of urea groups is 1. The Kier molecular flexibility index (Phi) is 6.84. The molecule has 1 fully saturated rings. The van der Waals surface area contributed by atoms with Crippen LogP contribution >= 0.6 is 11.6 Å². The Balaban J connectivity index is 1.63. The van der Waals surface area contributed by atoms with Gasteiger partial charge in [-0.05, 0) is 43.5 Å². The van der Waals surface area contributed by atoms with E-state index in [1.165, 1.54) is 25.7 Å². The summed E-state index contributed by atoms with van der Waals surface area (Å²) in [5.41, 5.74) is 0.984. The SMILES string of the molecule is Cc1cc(OCCNC(=O)NC2CCCCCC2)ccc1Cl. The Morgan fingerprint density at radius 1 is 1.27 bits per heavy atom. The molecule has 0 aromatic heterocycles. The van der Waals surface area contributed by atoms with Gasteiger partial charge in [-0.1, -0.05) is 37.3 Å². The van der Waals surface area contributed by atoms with Gasteiger partial charge in [-0.3, -0.25) is 0 Å². The smallest absolute Gasteiger partial charge is 0.315 e. The van der Waals surface area contributed by atoms with Gasteiger partial charge in [0.25, 0.3) is 0 Å². The predicted molar refractivity (Wildman–Crippen MR) is 89.7 cm³/mol. The Morgan fingerprint density at radius 3 is 2.68 bits per heavy atom. The van der Waals surface area contributed by atoms with Gasteiger partial charge in [-0.15, -0.1) is 0 Å². The molecule has 0 unspecified atom stereocenters. The van der Waals surface area contributed by atoms with Crippen LogP contribution in [0.4, 0.5) is 4.79 Å². The highest BCUT2D eigenvalue weighted by Crippen LogP contribution is 2.20. The second-order valence-electron chi connectivity index (χ2n) is 5.85. The minimum atomic E-state index is -0.0946. The van der Waals surface area contributed by atoms with Gasteiger partial charge in [-0.25, -0.2) is 4.79 Å². The first kappa shape index (κ1) is 16.9. The molecule has 0 radical (unpaired) electrons. The number of benzene rings is 1. The minimum absolute atomic E-state index is 0.0946. The fourth-order valence-corrected chi connectivity index (χ4v) is 2.82. The Morgan fingerprint density at radius 2 is 2.00 bits per heavy atom. The fourth-order valence-electron chi connectivity index (χ4n) is 2.70. The summed E-state index contributed by atoms with van der Waals surface area (Å²) >= 11 is 5.97. The van der Waals surface area contributed by atoms with Gasteiger partial charge in [0.1, 0.15) is 12.4 Å². The van der Waals surface area contributed by atoms with E-state index in [1.54, 1.807) is 0 Å². The molecule has 0 spiro atoms. The number of aryl methyl sites for hydroxylation is 1. The maximum atomic E-state index is 11.8. The molecule has 0 saturated heterocycles. The van der Waals surface area contributed by atoms with Crippen molar-refractivity contribution in [2.45, 2.75) is 51.5 Å². The van der Waals surface area contributed by atoms with Crippen molar-refractivity contribution in [3.63, 3.8) is 0 Å². The first-order chi connectivity index (χ1) is 10.6. The van der Waals surface area contributed by atoms with E-state index in [4.69, 9.17) is 16.3 Å². The Hall–Kier alpha value is -1.42. The highest BCUT2D eigenvalue weighted by atomic mass is 35.5. The van der Waals surface area contributed by atoms with Crippen LogP contribution < -0.4 is 15.4 Å². The molecule has 5 heteroatoms. The Labute approximate surface area is 137 Å². The van der Waals surface area contributed by atoms with E-state index in [9.17, 15) is 4.79 Å². The first-order valence-corrected chi connectivity index (χ1v) is 8.46. The van der Waals surface area contributed by atoms with Crippen LogP contribution in [-0.2, 0) is 0 Å². The number of hydrogen-bond donors (Lipinski definition) is 2. The zero-order valence-corrected chi connectivity index (χ0v) is 13.9. The van der Waals surface area contributed by atoms with Crippen LogP contribution in [0, 0.1) is 6.92 Å². The minimum Gasteiger partial charge on any atom is -0.492 e. The number of nitrogens with one attached hydrogen (secondary N) is 2. The number of ether oxygens (including phenoxy) is 1. The summed E-state index contributed by atoms with van der Waals surface area (Å²) in [6.45, 7) is 2.87. The van der Waals surface area contributed by atoms with Crippen molar-refractivity contribution < 1.29 is 9.53 Å². The molecule has 0 aliphatic heterocycles. The summed E-state index contributed by atoms with van der Waals surface area (Å²) in [6, 6.07) is 5.78. The van der Waals surface area contributed by atoms with E-state index in [1.807, 2.05) is 25.1 Å². The third-order valence-electron chi connectivity index (χ3n) is 3.98. The van der Waals surface area contributed by atoms with Crippen LogP contribution in [0.3, 0.4) is 0 Å². The van der Waals surface area contributed by atoms with Gasteiger partial charge in [0.2, 0.25) is 0 Å². The Bertz CT molecular complexity index is 486. The lowest BCUT2D eigenvalue weighted by molar-refractivity contribution is 0.231. The van der Waals surface area contributed by atoms with Gasteiger partial charge >= 0.3 is 6.03 Å². The summed E-state index contributed by atoms with van der Waals surface area (Å²) in [5, 5.41) is 6.63. The molecule has 0 atom stereocenters. The molecule has 2 rings (SSSR count). The predicted octanol–water partition coefficient (Wildman–Crippen LogP) is 4.05. The number of carbonyl (C=O) groups excluding carboxylic acids is 1. The first-order valence-electron chi connectivity index (χ1n) is 8.08. The molecule has 4 nitrogen and oxygen atoms in total. The molecule has 0 bridgehead atoms. The summed E-state index contributed by atoms with van der Waals surface area (Å²) in [5.74, 6) is 0.771. The van der Waals surface area contributed by atoms with Crippen LogP contribution in [0.25, 0.3) is 0 Å². The number of amides is 2. The molecule has 1 aliphatic carbocycles. The van der Waals surface area contributed by atoms with E-state index in [-0.39, 0.29) is 6.03 Å². The van der Waals surface area contributed by atoms with Crippen LogP contribution in [-0.4, -0.2) is 25.2 Å². The monoisotopic (exact) mass is 324 g/mol. The number of carbonyl (C=O) groups is 1. The topological polar surface area (TPSA) is 50.4 Å². The molecule has 1 saturated carbocycles. The van der Waals surface area contributed by atoms with Gasteiger partial charge in [-0.2, -0.15) is 0 Å². The molecular formula is C17H25ClN2O2.